The summed E-state index contributed by atoms with van der Waals surface area (Å²) in [7, 11) is 0. The van der Waals surface area contributed by atoms with Crippen LogP contribution in [0.2, 0.25) is 0 Å². The Morgan fingerprint density at radius 2 is 1.62 bits per heavy atom. The van der Waals surface area contributed by atoms with Crippen LogP contribution in [0.3, 0.4) is 0 Å². The van der Waals surface area contributed by atoms with Crippen LogP contribution >= 0.6 is 24.4 Å². The maximum atomic E-state index is 12.9. The molecule has 0 aliphatic carbocycles. The summed E-state index contributed by atoms with van der Waals surface area (Å²) in [5.41, 5.74) is 16.4. The molecule has 0 saturated carbocycles. The minimum absolute atomic E-state index is 0.0477. The summed E-state index contributed by atoms with van der Waals surface area (Å²) in [5.74, 6) is -2.76. The first-order valence-electron chi connectivity index (χ1n) is 11.0. The Kier molecular flexibility index (Phi) is 16.2. The quantitative estimate of drug-likeness (QED) is 0.0490. The number of carboxylic acid groups (broad SMARTS) is 1. The van der Waals surface area contributed by atoms with Gasteiger partial charge in [-0.2, -0.15) is 24.4 Å². The second kappa shape index (κ2) is 17.3. The molecule has 0 spiro atoms. The second-order valence-corrected chi connectivity index (χ2v) is 9.20. The summed E-state index contributed by atoms with van der Waals surface area (Å²) in [6.45, 7) is 3.85. The highest BCUT2D eigenvalue weighted by molar-refractivity contribution is 7.98. The van der Waals surface area contributed by atoms with Gasteiger partial charge in [-0.1, -0.05) is 20.3 Å². The minimum atomic E-state index is -1.16. The number of aliphatic imine (C=N–C) groups is 1. The molecule has 0 aliphatic rings. The van der Waals surface area contributed by atoms with Gasteiger partial charge in [0.2, 0.25) is 17.7 Å². The van der Waals surface area contributed by atoms with Crippen LogP contribution in [0.25, 0.3) is 0 Å². The van der Waals surface area contributed by atoms with E-state index in [0.717, 1.165) is 0 Å². The van der Waals surface area contributed by atoms with Crippen LogP contribution in [0.15, 0.2) is 4.99 Å². The zero-order valence-corrected chi connectivity index (χ0v) is 21.7. The largest absolute Gasteiger partial charge is 0.480 e. The molecule has 12 nitrogen and oxygen atoms in total. The lowest BCUT2D eigenvalue weighted by molar-refractivity contribution is -0.143. The molecule has 5 unspecified atom stereocenters. The first kappa shape index (κ1) is 31.8. The smallest absolute Gasteiger partial charge is 0.326 e. The zero-order valence-electron chi connectivity index (χ0n) is 20.0. The SMILES string of the molecule is CCC(C)C(NC(=O)C(CS)NC(=O)C(CCSC)NC(=O)C(N)CCCN=C(N)N)C(=O)O. The van der Waals surface area contributed by atoms with E-state index in [9.17, 15) is 24.3 Å². The fraction of sp³-hybridized carbons (Fsp3) is 0.750. The Balaban J connectivity index is 5.15. The molecule has 3 amide bonds. The highest BCUT2D eigenvalue weighted by Gasteiger charge is 2.31. The third-order valence-corrected chi connectivity index (χ3v) is 6.15. The number of guanidine groups is 1. The van der Waals surface area contributed by atoms with Gasteiger partial charge in [-0.15, -0.1) is 0 Å². The van der Waals surface area contributed by atoms with Crippen LogP contribution in [-0.2, 0) is 19.2 Å². The van der Waals surface area contributed by atoms with Crippen LogP contribution < -0.4 is 33.2 Å². The van der Waals surface area contributed by atoms with Crippen molar-refractivity contribution in [2.45, 2.75) is 63.7 Å². The van der Waals surface area contributed by atoms with Crippen LogP contribution in [0.4, 0.5) is 0 Å². The Labute approximate surface area is 210 Å². The van der Waals surface area contributed by atoms with Gasteiger partial charge < -0.3 is 38.3 Å². The maximum Gasteiger partial charge on any atom is 0.326 e. The fourth-order valence-corrected chi connectivity index (χ4v) is 3.57. The van der Waals surface area contributed by atoms with Gasteiger partial charge in [-0.3, -0.25) is 19.4 Å². The summed E-state index contributed by atoms with van der Waals surface area (Å²) in [6, 6.07) is -3.97. The number of hydrogen-bond donors (Lipinski definition) is 8. The number of carbonyl (C=O) groups excluding carboxylic acids is 3. The normalized spacial score (nSPS) is 15.2. The van der Waals surface area contributed by atoms with Crippen molar-refractivity contribution in [3.05, 3.63) is 0 Å². The Morgan fingerprint density at radius 3 is 2.12 bits per heavy atom. The van der Waals surface area contributed by atoms with Crippen molar-refractivity contribution in [2.24, 2.45) is 28.1 Å². The van der Waals surface area contributed by atoms with E-state index in [1.54, 1.807) is 6.92 Å². The lowest BCUT2D eigenvalue weighted by Crippen LogP contribution is -2.58. The van der Waals surface area contributed by atoms with E-state index in [0.29, 0.717) is 38.0 Å². The van der Waals surface area contributed by atoms with Gasteiger partial charge in [0.15, 0.2) is 5.96 Å². The molecule has 0 saturated heterocycles. The number of carboxylic acids is 1. The number of rotatable bonds is 17. The van der Waals surface area contributed by atoms with Crippen molar-refractivity contribution >= 4 is 54.0 Å². The van der Waals surface area contributed by atoms with E-state index in [4.69, 9.17) is 17.2 Å². The molecule has 0 aromatic rings. The zero-order chi connectivity index (χ0) is 26.3. The molecule has 196 valence electrons. The number of nitrogens with two attached hydrogens (primary N) is 3. The maximum absolute atomic E-state index is 12.9. The summed E-state index contributed by atoms with van der Waals surface area (Å²) < 4.78 is 0. The van der Waals surface area contributed by atoms with Crippen molar-refractivity contribution in [1.29, 1.82) is 0 Å². The van der Waals surface area contributed by atoms with Gasteiger partial charge in [0, 0.05) is 12.3 Å². The van der Waals surface area contributed by atoms with Gasteiger partial charge in [0.05, 0.1) is 6.04 Å². The Hall–Kier alpha value is -2.19. The summed E-state index contributed by atoms with van der Waals surface area (Å²) >= 11 is 5.61. The van der Waals surface area contributed by atoms with Crippen LogP contribution in [-0.4, -0.2) is 83.2 Å². The summed E-state index contributed by atoms with van der Waals surface area (Å²) in [4.78, 5) is 53.3. The summed E-state index contributed by atoms with van der Waals surface area (Å²) in [5, 5.41) is 17.0. The van der Waals surface area contributed by atoms with Crippen LogP contribution in [0.5, 0.6) is 0 Å². The molecule has 34 heavy (non-hydrogen) atoms. The number of aliphatic carboxylic acids is 1. The third-order valence-electron chi connectivity index (χ3n) is 5.14. The van der Waals surface area contributed by atoms with Crippen molar-refractivity contribution in [2.75, 3.05) is 24.3 Å². The molecular weight excluding hydrogens is 482 g/mol. The molecule has 10 N–H and O–H groups in total. The first-order chi connectivity index (χ1) is 16.0. The molecule has 0 heterocycles. The lowest BCUT2D eigenvalue weighted by Gasteiger charge is -2.25. The number of thiol groups is 1. The molecular formula is C20H39N7O5S2. The van der Waals surface area contributed by atoms with E-state index in [-0.39, 0.29) is 17.6 Å². The fourth-order valence-electron chi connectivity index (χ4n) is 2.84. The van der Waals surface area contributed by atoms with E-state index in [1.165, 1.54) is 11.8 Å². The lowest BCUT2D eigenvalue weighted by atomic mass is 9.99. The van der Waals surface area contributed by atoms with Crippen LogP contribution in [0.1, 0.15) is 39.5 Å². The Morgan fingerprint density at radius 1 is 1.03 bits per heavy atom. The molecule has 0 aromatic heterocycles. The van der Waals surface area contributed by atoms with E-state index in [1.807, 2.05) is 13.2 Å². The number of nitrogens with one attached hydrogen (secondary N) is 3. The number of carbonyl (C=O) groups is 4. The van der Waals surface area contributed by atoms with Crippen molar-refractivity contribution in [3.8, 4) is 0 Å². The van der Waals surface area contributed by atoms with Gasteiger partial charge in [-0.25, -0.2) is 4.79 Å². The molecule has 0 fully saturated rings. The molecule has 0 bridgehead atoms. The van der Waals surface area contributed by atoms with Gasteiger partial charge in [0.1, 0.15) is 18.1 Å². The highest BCUT2D eigenvalue weighted by Crippen LogP contribution is 2.09. The third kappa shape index (κ3) is 12.3. The average Bonchev–Trinajstić information content (AvgIpc) is 2.79. The molecule has 5 atom stereocenters. The summed E-state index contributed by atoms with van der Waals surface area (Å²) in [6.07, 6.45) is 3.51. The molecule has 0 aromatic carbocycles. The molecule has 14 heteroatoms. The number of hydrogen-bond acceptors (Lipinski definition) is 8. The Bertz CT molecular complexity index is 707. The average molecular weight is 522 g/mol. The molecule has 0 rings (SSSR count). The number of thioether (sulfide) groups is 1. The topological polar surface area (TPSA) is 215 Å². The van der Waals surface area contributed by atoms with Crippen molar-refractivity contribution in [1.82, 2.24) is 16.0 Å². The van der Waals surface area contributed by atoms with Crippen molar-refractivity contribution < 1.29 is 24.3 Å². The standard InChI is InChI=1S/C20H39N7O5S2/c1-4-11(2)15(19(31)32)27-18(30)14(10-33)26-17(29)13(7-9-34-3)25-16(28)12(21)6-5-8-24-20(22)23/h11-15,33H,4-10,21H2,1-3H3,(H,25,28)(H,26,29)(H,27,30)(H,31,32)(H4,22,23,24). The predicted molar refractivity (Wildman–Crippen MR) is 138 cm³/mol. The van der Waals surface area contributed by atoms with Crippen LogP contribution in [0, 0.1) is 5.92 Å². The van der Waals surface area contributed by atoms with Gasteiger partial charge in [-0.05, 0) is 37.2 Å². The highest BCUT2D eigenvalue weighted by atomic mass is 32.2. The van der Waals surface area contributed by atoms with Gasteiger partial charge in [0.25, 0.3) is 0 Å². The first-order valence-corrected chi connectivity index (χ1v) is 13.1. The second-order valence-electron chi connectivity index (χ2n) is 7.85. The predicted octanol–water partition coefficient (Wildman–Crippen LogP) is -1.36. The van der Waals surface area contributed by atoms with E-state index < -0.39 is 47.9 Å². The number of amides is 3. The molecule has 0 aliphatic heterocycles. The number of nitrogens with zero attached hydrogens (tertiary/aromatic N) is 1. The van der Waals surface area contributed by atoms with Gasteiger partial charge >= 0.3 is 5.97 Å². The minimum Gasteiger partial charge on any atom is -0.480 e. The molecule has 0 radical (unpaired) electrons. The van der Waals surface area contributed by atoms with E-state index in [2.05, 4.69) is 33.6 Å². The monoisotopic (exact) mass is 521 g/mol. The van der Waals surface area contributed by atoms with Crippen molar-refractivity contribution in [3.63, 3.8) is 0 Å². The van der Waals surface area contributed by atoms with E-state index >= 15 is 0 Å².